The number of pyridine rings is 1. The first-order chi connectivity index (χ1) is 12.1. The zero-order valence-corrected chi connectivity index (χ0v) is 14.3. The van der Waals surface area contributed by atoms with Crippen molar-refractivity contribution in [3.63, 3.8) is 0 Å². The first kappa shape index (κ1) is 17.0. The van der Waals surface area contributed by atoms with E-state index in [9.17, 15) is 9.18 Å². The maximum absolute atomic E-state index is 13.8. The standard InChI is InChI=1S/C19H16FN3OS/c1-25-18-9-6-12(10-16(18)21)19(24)23-13-7-8-17(22-11-13)14-4-2-3-5-15(14)20/h2-11H,21H2,1H3,(H,23,24). The molecule has 4 nitrogen and oxygen atoms in total. The Morgan fingerprint density at radius 3 is 2.60 bits per heavy atom. The van der Waals surface area contributed by atoms with Crippen LogP contribution in [0.5, 0.6) is 0 Å². The summed E-state index contributed by atoms with van der Waals surface area (Å²) in [5, 5.41) is 2.76. The molecule has 0 atom stereocenters. The maximum atomic E-state index is 13.8. The van der Waals surface area contributed by atoms with Crippen molar-refractivity contribution in [2.75, 3.05) is 17.3 Å². The number of hydrogen-bond acceptors (Lipinski definition) is 4. The number of nitrogens with one attached hydrogen (secondary N) is 1. The van der Waals surface area contributed by atoms with E-state index in [1.807, 2.05) is 12.3 Å². The number of rotatable bonds is 4. The molecular weight excluding hydrogens is 337 g/mol. The van der Waals surface area contributed by atoms with Gasteiger partial charge in [0.25, 0.3) is 5.91 Å². The lowest BCUT2D eigenvalue weighted by Gasteiger charge is -2.08. The Labute approximate surface area is 149 Å². The van der Waals surface area contributed by atoms with E-state index in [2.05, 4.69) is 10.3 Å². The smallest absolute Gasteiger partial charge is 0.255 e. The average Bonchev–Trinajstić information content (AvgIpc) is 2.63. The van der Waals surface area contributed by atoms with E-state index in [0.29, 0.717) is 28.2 Å². The molecule has 6 heteroatoms. The number of thioether (sulfide) groups is 1. The Morgan fingerprint density at radius 1 is 1.16 bits per heavy atom. The Morgan fingerprint density at radius 2 is 1.96 bits per heavy atom. The lowest BCUT2D eigenvalue weighted by molar-refractivity contribution is 0.102. The van der Waals surface area contributed by atoms with Crippen LogP contribution in [0.3, 0.4) is 0 Å². The van der Waals surface area contributed by atoms with Crippen molar-refractivity contribution in [2.24, 2.45) is 0 Å². The van der Waals surface area contributed by atoms with E-state index in [4.69, 9.17) is 5.73 Å². The third-order valence-electron chi connectivity index (χ3n) is 3.66. The molecule has 0 fully saturated rings. The normalized spacial score (nSPS) is 10.5. The van der Waals surface area contributed by atoms with Crippen LogP contribution >= 0.6 is 11.8 Å². The number of nitrogen functional groups attached to an aromatic ring is 1. The molecule has 1 aromatic heterocycles. The lowest BCUT2D eigenvalue weighted by Crippen LogP contribution is -2.12. The number of benzene rings is 2. The molecule has 3 rings (SSSR count). The SMILES string of the molecule is CSc1ccc(C(=O)Nc2ccc(-c3ccccc3F)nc2)cc1N. The lowest BCUT2D eigenvalue weighted by atomic mass is 10.1. The van der Waals surface area contributed by atoms with Gasteiger partial charge in [-0.05, 0) is 48.7 Å². The Hall–Kier alpha value is -2.86. The maximum Gasteiger partial charge on any atom is 0.255 e. The molecule has 0 aliphatic heterocycles. The Kier molecular flexibility index (Phi) is 5.00. The highest BCUT2D eigenvalue weighted by atomic mass is 32.2. The summed E-state index contributed by atoms with van der Waals surface area (Å²) in [4.78, 5) is 17.5. The largest absolute Gasteiger partial charge is 0.398 e. The average molecular weight is 353 g/mol. The molecular formula is C19H16FN3OS. The third-order valence-corrected chi connectivity index (χ3v) is 4.47. The highest BCUT2D eigenvalue weighted by Crippen LogP contribution is 2.24. The highest BCUT2D eigenvalue weighted by molar-refractivity contribution is 7.98. The van der Waals surface area contributed by atoms with Crippen molar-refractivity contribution in [1.29, 1.82) is 0 Å². The van der Waals surface area contributed by atoms with Gasteiger partial charge < -0.3 is 11.1 Å². The van der Waals surface area contributed by atoms with Crippen molar-refractivity contribution in [2.45, 2.75) is 4.90 Å². The summed E-state index contributed by atoms with van der Waals surface area (Å²) in [6, 6.07) is 14.9. The minimum Gasteiger partial charge on any atom is -0.398 e. The number of amides is 1. The summed E-state index contributed by atoms with van der Waals surface area (Å²) in [5.74, 6) is -0.615. The second-order valence-electron chi connectivity index (χ2n) is 5.32. The molecule has 3 N–H and O–H groups in total. The van der Waals surface area contributed by atoms with Crippen LogP contribution in [0.25, 0.3) is 11.3 Å². The number of carbonyl (C=O) groups is 1. The molecule has 3 aromatic rings. The summed E-state index contributed by atoms with van der Waals surface area (Å²) in [6.45, 7) is 0. The number of anilines is 2. The molecule has 0 aliphatic carbocycles. The first-order valence-electron chi connectivity index (χ1n) is 7.54. The van der Waals surface area contributed by atoms with E-state index in [1.54, 1.807) is 42.5 Å². The van der Waals surface area contributed by atoms with Gasteiger partial charge in [0.15, 0.2) is 0 Å². The highest BCUT2D eigenvalue weighted by Gasteiger charge is 2.10. The number of carbonyl (C=O) groups excluding carboxylic acids is 1. The van der Waals surface area contributed by atoms with Gasteiger partial charge in [0.2, 0.25) is 0 Å². The van der Waals surface area contributed by atoms with E-state index in [-0.39, 0.29) is 11.7 Å². The molecule has 126 valence electrons. The molecule has 2 aromatic carbocycles. The van der Waals surface area contributed by atoms with Gasteiger partial charge in [0.1, 0.15) is 5.82 Å². The molecule has 1 heterocycles. The summed E-state index contributed by atoms with van der Waals surface area (Å²) >= 11 is 1.52. The second-order valence-corrected chi connectivity index (χ2v) is 6.17. The Balaban J connectivity index is 1.76. The number of nitrogens with zero attached hydrogens (tertiary/aromatic N) is 1. The van der Waals surface area contributed by atoms with E-state index >= 15 is 0 Å². The molecule has 25 heavy (non-hydrogen) atoms. The minimum atomic E-state index is -0.337. The third kappa shape index (κ3) is 3.80. The van der Waals surface area contributed by atoms with Gasteiger partial charge in [-0.3, -0.25) is 9.78 Å². The number of hydrogen-bond donors (Lipinski definition) is 2. The summed E-state index contributed by atoms with van der Waals surface area (Å²) in [5.41, 5.74) is 8.39. The van der Waals surface area contributed by atoms with Crippen molar-refractivity contribution >= 4 is 29.0 Å². The van der Waals surface area contributed by atoms with Gasteiger partial charge in [-0.1, -0.05) is 12.1 Å². The predicted octanol–water partition coefficient (Wildman–Crippen LogP) is 4.44. The molecule has 0 aliphatic rings. The van der Waals surface area contributed by atoms with E-state index < -0.39 is 0 Å². The fraction of sp³-hybridized carbons (Fsp3) is 0.0526. The van der Waals surface area contributed by atoms with Crippen LogP contribution < -0.4 is 11.1 Å². The number of nitrogens with two attached hydrogens (primary N) is 1. The second kappa shape index (κ2) is 7.36. The van der Waals surface area contributed by atoms with Crippen LogP contribution in [0.15, 0.2) is 65.7 Å². The van der Waals surface area contributed by atoms with Crippen LogP contribution in [0.1, 0.15) is 10.4 Å². The molecule has 0 spiro atoms. The molecule has 0 saturated heterocycles. The van der Waals surface area contributed by atoms with Crippen molar-refractivity contribution < 1.29 is 9.18 Å². The molecule has 1 amide bonds. The quantitative estimate of drug-likeness (QED) is 0.537. The van der Waals surface area contributed by atoms with E-state index in [1.165, 1.54) is 24.0 Å². The van der Waals surface area contributed by atoms with E-state index in [0.717, 1.165) is 4.90 Å². The van der Waals surface area contributed by atoms with Crippen LogP contribution in [-0.2, 0) is 0 Å². The van der Waals surface area contributed by atoms with Gasteiger partial charge in [0, 0.05) is 21.7 Å². The minimum absolute atomic E-state index is 0.278. The number of aromatic nitrogens is 1. The van der Waals surface area contributed by atoms with Crippen molar-refractivity contribution in [1.82, 2.24) is 4.98 Å². The summed E-state index contributed by atoms with van der Waals surface area (Å²) in [7, 11) is 0. The number of halogens is 1. The summed E-state index contributed by atoms with van der Waals surface area (Å²) in [6.07, 6.45) is 3.42. The molecule has 0 unspecified atom stereocenters. The fourth-order valence-corrected chi connectivity index (χ4v) is 2.87. The van der Waals surface area contributed by atoms with Crippen molar-refractivity contribution in [3.05, 3.63) is 72.2 Å². The zero-order valence-electron chi connectivity index (χ0n) is 13.5. The van der Waals surface area contributed by atoms with Crippen LogP contribution in [-0.4, -0.2) is 17.1 Å². The van der Waals surface area contributed by atoms with Crippen LogP contribution in [0.2, 0.25) is 0 Å². The zero-order chi connectivity index (χ0) is 17.8. The topological polar surface area (TPSA) is 68.0 Å². The predicted molar refractivity (Wildman–Crippen MR) is 100 cm³/mol. The van der Waals surface area contributed by atoms with Gasteiger partial charge >= 0.3 is 0 Å². The van der Waals surface area contributed by atoms with Gasteiger partial charge in [-0.2, -0.15) is 0 Å². The molecule has 0 bridgehead atoms. The van der Waals surface area contributed by atoms with Crippen LogP contribution in [0, 0.1) is 5.82 Å². The van der Waals surface area contributed by atoms with Gasteiger partial charge in [-0.25, -0.2) is 4.39 Å². The van der Waals surface area contributed by atoms with Gasteiger partial charge in [0.05, 0.1) is 17.6 Å². The first-order valence-corrected chi connectivity index (χ1v) is 8.77. The fourth-order valence-electron chi connectivity index (χ4n) is 2.37. The van der Waals surface area contributed by atoms with Gasteiger partial charge in [-0.15, -0.1) is 11.8 Å². The molecule has 0 saturated carbocycles. The Bertz CT molecular complexity index is 913. The molecule has 0 radical (unpaired) electrons. The van der Waals surface area contributed by atoms with Crippen LogP contribution in [0.4, 0.5) is 15.8 Å². The summed E-state index contributed by atoms with van der Waals surface area (Å²) < 4.78 is 13.8. The van der Waals surface area contributed by atoms with Crippen molar-refractivity contribution in [3.8, 4) is 11.3 Å². The monoisotopic (exact) mass is 353 g/mol.